The molecule has 0 aliphatic heterocycles. The SMILES string of the molecule is Cc1cc(CN)c(C)n1-c1ccc(Cl)c(Cl)c1. The van der Waals surface area contributed by atoms with Crippen LogP contribution in [0.5, 0.6) is 0 Å². The molecule has 0 fully saturated rings. The summed E-state index contributed by atoms with van der Waals surface area (Å²) in [4.78, 5) is 0. The number of aryl methyl sites for hydroxylation is 1. The molecule has 17 heavy (non-hydrogen) atoms. The van der Waals surface area contributed by atoms with E-state index in [4.69, 9.17) is 28.9 Å². The molecule has 0 saturated heterocycles. The minimum atomic E-state index is 0.543. The predicted molar refractivity (Wildman–Crippen MR) is 73.2 cm³/mol. The zero-order valence-corrected chi connectivity index (χ0v) is 11.3. The fourth-order valence-corrected chi connectivity index (χ4v) is 2.35. The van der Waals surface area contributed by atoms with E-state index < -0.39 is 0 Å². The van der Waals surface area contributed by atoms with Crippen molar-refractivity contribution in [3.05, 3.63) is 51.3 Å². The van der Waals surface area contributed by atoms with E-state index >= 15 is 0 Å². The quantitative estimate of drug-likeness (QED) is 0.881. The minimum absolute atomic E-state index is 0.543. The van der Waals surface area contributed by atoms with Gasteiger partial charge in [0.15, 0.2) is 0 Å². The van der Waals surface area contributed by atoms with Crippen LogP contribution < -0.4 is 5.73 Å². The van der Waals surface area contributed by atoms with Crippen molar-refractivity contribution < 1.29 is 0 Å². The van der Waals surface area contributed by atoms with Crippen LogP contribution in [0.3, 0.4) is 0 Å². The Morgan fingerprint density at radius 3 is 2.35 bits per heavy atom. The molecule has 0 atom stereocenters. The largest absolute Gasteiger partial charge is 0.326 e. The second-order valence-electron chi connectivity index (χ2n) is 4.03. The van der Waals surface area contributed by atoms with Crippen LogP contribution in [0.15, 0.2) is 24.3 Å². The van der Waals surface area contributed by atoms with Gasteiger partial charge in [-0.25, -0.2) is 0 Å². The summed E-state index contributed by atoms with van der Waals surface area (Å²) in [6, 6.07) is 7.72. The molecule has 4 heteroatoms. The molecule has 0 spiro atoms. The molecule has 2 rings (SSSR count). The predicted octanol–water partition coefficient (Wildman–Crippen LogP) is 3.86. The lowest BCUT2D eigenvalue weighted by atomic mass is 10.2. The van der Waals surface area contributed by atoms with Gasteiger partial charge in [-0.3, -0.25) is 0 Å². The first-order valence-electron chi connectivity index (χ1n) is 5.38. The van der Waals surface area contributed by atoms with Gasteiger partial charge in [-0.2, -0.15) is 0 Å². The topological polar surface area (TPSA) is 30.9 Å². The molecule has 0 unspecified atom stereocenters. The standard InChI is InChI=1S/C13H14Cl2N2/c1-8-5-10(7-16)9(2)17(8)11-3-4-12(14)13(15)6-11/h3-6H,7,16H2,1-2H3. The number of benzene rings is 1. The second kappa shape index (κ2) is 4.73. The average molecular weight is 269 g/mol. The fraction of sp³-hybridized carbons (Fsp3) is 0.231. The van der Waals surface area contributed by atoms with Crippen molar-refractivity contribution in [2.45, 2.75) is 20.4 Å². The number of hydrogen-bond acceptors (Lipinski definition) is 1. The Morgan fingerprint density at radius 2 is 1.82 bits per heavy atom. The van der Waals surface area contributed by atoms with Gasteiger partial charge in [0.25, 0.3) is 0 Å². The van der Waals surface area contributed by atoms with Gasteiger partial charge >= 0.3 is 0 Å². The summed E-state index contributed by atoms with van der Waals surface area (Å²) in [6.45, 7) is 4.65. The van der Waals surface area contributed by atoms with Crippen LogP contribution in [-0.2, 0) is 6.54 Å². The summed E-state index contributed by atoms with van der Waals surface area (Å²) in [5.74, 6) is 0. The summed E-state index contributed by atoms with van der Waals surface area (Å²) in [5, 5.41) is 1.13. The van der Waals surface area contributed by atoms with Crippen molar-refractivity contribution in [1.82, 2.24) is 4.57 Å². The lowest BCUT2D eigenvalue weighted by molar-refractivity contribution is 0.943. The normalized spacial score (nSPS) is 10.9. The van der Waals surface area contributed by atoms with E-state index in [1.54, 1.807) is 6.07 Å². The summed E-state index contributed by atoms with van der Waals surface area (Å²) in [5.41, 5.74) is 10.1. The van der Waals surface area contributed by atoms with Crippen molar-refractivity contribution in [2.75, 3.05) is 0 Å². The number of nitrogens with two attached hydrogens (primary N) is 1. The maximum Gasteiger partial charge on any atom is 0.0613 e. The van der Waals surface area contributed by atoms with Gasteiger partial charge in [-0.05, 0) is 43.7 Å². The highest BCUT2D eigenvalue weighted by molar-refractivity contribution is 6.42. The van der Waals surface area contributed by atoms with Gasteiger partial charge in [0.05, 0.1) is 10.0 Å². The van der Waals surface area contributed by atoms with Crippen LogP contribution in [0.1, 0.15) is 17.0 Å². The first-order valence-corrected chi connectivity index (χ1v) is 6.13. The number of hydrogen-bond donors (Lipinski definition) is 1. The van der Waals surface area contributed by atoms with Gasteiger partial charge in [0.2, 0.25) is 0 Å². The number of rotatable bonds is 2. The van der Waals surface area contributed by atoms with Crippen LogP contribution in [0.2, 0.25) is 10.0 Å². The Kier molecular flexibility index (Phi) is 3.48. The molecule has 2 aromatic rings. The van der Waals surface area contributed by atoms with Gasteiger partial charge < -0.3 is 10.3 Å². The van der Waals surface area contributed by atoms with Gasteiger partial charge in [0, 0.05) is 23.6 Å². The smallest absolute Gasteiger partial charge is 0.0613 e. The van der Waals surface area contributed by atoms with Crippen LogP contribution in [0.25, 0.3) is 5.69 Å². The molecule has 2 nitrogen and oxygen atoms in total. The maximum atomic E-state index is 6.04. The summed E-state index contributed by atoms with van der Waals surface area (Å²) < 4.78 is 2.13. The van der Waals surface area contributed by atoms with Crippen molar-refractivity contribution in [3.63, 3.8) is 0 Å². The van der Waals surface area contributed by atoms with Crippen LogP contribution >= 0.6 is 23.2 Å². The summed E-state index contributed by atoms with van der Waals surface area (Å²) >= 11 is 12.0. The molecule has 0 bridgehead atoms. The summed E-state index contributed by atoms with van der Waals surface area (Å²) in [6.07, 6.45) is 0. The Hall–Kier alpha value is -0.960. The number of nitrogens with zero attached hydrogens (tertiary/aromatic N) is 1. The van der Waals surface area contributed by atoms with Gasteiger partial charge in [-0.1, -0.05) is 23.2 Å². The van der Waals surface area contributed by atoms with E-state index in [2.05, 4.69) is 24.5 Å². The van der Waals surface area contributed by atoms with Crippen molar-refractivity contribution in [1.29, 1.82) is 0 Å². The Balaban J connectivity index is 2.60. The third-order valence-electron chi connectivity index (χ3n) is 2.92. The molecule has 1 heterocycles. The zero-order valence-electron chi connectivity index (χ0n) is 9.80. The molecule has 1 aromatic carbocycles. The van der Waals surface area contributed by atoms with Crippen LogP contribution in [0.4, 0.5) is 0 Å². The van der Waals surface area contributed by atoms with E-state index in [0.29, 0.717) is 16.6 Å². The van der Waals surface area contributed by atoms with Gasteiger partial charge in [-0.15, -0.1) is 0 Å². The Morgan fingerprint density at radius 1 is 1.12 bits per heavy atom. The lowest BCUT2D eigenvalue weighted by Crippen LogP contribution is -2.02. The van der Waals surface area contributed by atoms with E-state index in [0.717, 1.165) is 22.6 Å². The first kappa shape index (κ1) is 12.5. The maximum absolute atomic E-state index is 6.04. The van der Waals surface area contributed by atoms with Crippen LogP contribution in [0, 0.1) is 13.8 Å². The summed E-state index contributed by atoms with van der Waals surface area (Å²) in [7, 11) is 0. The first-order chi connectivity index (χ1) is 8.04. The highest BCUT2D eigenvalue weighted by atomic mass is 35.5. The molecular weight excluding hydrogens is 255 g/mol. The van der Waals surface area contributed by atoms with Crippen LogP contribution in [-0.4, -0.2) is 4.57 Å². The molecule has 1 aromatic heterocycles. The molecular formula is C13H14Cl2N2. The lowest BCUT2D eigenvalue weighted by Gasteiger charge is -2.10. The van der Waals surface area contributed by atoms with E-state index in [1.165, 1.54) is 0 Å². The number of halogens is 2. The highest BCUT2D eigenvalue weighted by Gasteiger charge is 2.10. The molecule has 2 N–H and O–H groups in total. The van der Waals surface area contributed by atoms with E-state index in [-0.39, 0.29) is 0 Å². The third kappa shape index (κ3) is 2.21. The molecule has 0 saturated carbocycles. The fourth-order valence-electron chi connectivity index (χ4n) is 2.06. The monoisotopic (exact) mass is 268 g/mol. The second-order valence-corrected chi connectivity index (χ2v) is 4.85. The van der Waals surface area contributed by atoms with E-state index in [1.807, 2.05) is 12.1 Å². The van der Waals surface area contributed by atoms with Gasteiger partial charge in [0.1, 0.15) is 0 Å². The zero-order chi connectivity index (χ0) is 12.6. The molecule has 0 aliphatic rings. The van der Waals surface area contributed by atoms with Crippen molar-refractivity contribution in [2.24, 2.45) is 5.73 Å². The van der Waals surface area contributed by atoms with Crippen molar-refractivity contribution in [3.8, 4) is 5.69 Å². The minimum Gasteiger partial charge on any atom is -0.326 e. The molecule has 0 radical (unpaired) electrons. The van der Waals surface area contributed by atoms with E-state index in [9.17, 15) is 0 Å². The Labute approximate surface area is 111 Å². The molecule has 0 aliphatic carbocycles. The average Bonchev–Trinajstić information content (AvgIpc) is 2.58. The molecule has 0 amide bonds. The highest BCUT2D eigenvalue weighted by Crippen LogP contribution is 2.27. The van der Waals surface area contributed by atoms with Crippen molar-refractivity contribution >= 4 is 23.2 Å². The Bertz CT molecular complexity index is 559. The number of aromatic nitrogens is 1. The molecule has 90 valence electrons. The third-order valence-corrected chi connectivity index (χ3v) is 3.66.